The van der Waals surface area contributed by atoms with Crippen LogP contribution in [-0.2, 0) is 22.9 Å². The van der Waals surface area contributed by atoms with Crippen molar-refractivity contribution in [2.24, 2.45) is 0 Å². The molecule has 1 saturated heterocycles. The van der Waals surface area contributed by atoms with Gasteiger partial charge in [-0.3, -0.25) is 4.79 Å². The third-order valence-electron chi connectivity index (χ3n) is 7.46. The number of aromatic nitrogens is 3. The minimum Gasteiger partial charge on any atom is -0.483 e. The van der Waals surface area contributed by atoms with E-state index in [1.807, 2.05) is 0 Å². The van der Waals surface area contributed by atoms with Gasteiger partial charge in [0.15, 0.2) is 5.03 Å². The molecule has 218 valence electrons. The highest BCUT2D eigenvalue weighted by Crippen LogP contribution is 2.31. The Hall–Kier alpha value is -4.23. The van der Waals surface area contributed by atoms with E-state index in [9.17, 15) is 26.4 Å². The minimum atomic E-state index is -3.81. The number of piperazine rings is 1. The van der Waals surface area contributed by atoms with Crippen LogP contribution in [0.25, 0.3) is 5.69 Å². The number of hydrogen-bond donors (Lipinski definition) is 0. The normalized spacial score (nSPS) is 17.6. The lowest BCUT2D eigenvalue weighted by Crippen LogP contribution is -2.49. The first-order valence-electron chi connectivity index (χ1n) is 13.4. The molecule has 4 aromatic rings. The third kappa shape index (κ3) is 5.49. The Kier molecular flexibility index (Phi) is 7.45. The van der Waals surface area contributed by atoms with Gasteiger partial charge < -0.3 is 9.64 Å². The number of nitrogens with zero attached hydrogens (tertiary/aromatic N) is 5. The maximum atomic E-state index is 14.0. The molecule has 0 amide bonds. The highest BCUT2D eigenvalue weighted by atomic mass is 32.2. The molecule has 0 bridgehead atoms. The van der Waals surface area contributed by atoms with Gasteiger partial charge in [-0.1, -0.05) is 12.1 Å². The van der Waals surface area contributed by atoms with Crippen molar-refractivity contribution in [2.75, 3.05) is 31.1 Å². The average Bonchev–Trinajstić information content (AvgIpc) is 2.98. The standard InChI is InChI=1S/C29H26F3N5O4S/c30-21-6-4-20-14-25(7-5-19(20)13-21)41-28-26(18-34-37(29(28)38)24-16-22(31)15-23(32)17-24)35-9-11-36(12-10-35)42(39,40)27-3-1-2-8-33-27/h1-4,6,8,13,15-18,25H,5,7,9-12,14H2. The zero-order chi connectivity index (χ0) is 29.4. The van der Waals surface area contributed by atoms with Crippen molar-refractivity contribution >= 4 is 15.7 Å². The monoisotopic (exact) mass is 597 g/mol. The van der Waals surface area contributed by atoms with E-state index in [4.69, 9.17) is 4.74 Å². The Morgan fingerprint density at radius 1 is 0.881 bits per heavy atom. The second kappa shape index (κ2) is 11.2. The molecule has 1 unspecified atom stereocenters. The van der Waals surface area contributed by atoms with E-state index in [0.29, 0.717) is 31.0 Å². The molecule has 1 fully saturated rings. The first-order chi connectivity index (χ1) is 20.2. The van der Waals surface area contributed by atoms with E-state index in [-0.39, 0.29) is 48.5 Å². The number of benzene rings is 2. The van der Waals surface area contributed by atoms with Crippen molar-refractivity contribution in [3.05, 3.63) is 106 Å². The molecule has 0 saturated carbocycles. The minimum absolute atomic E-state index is 0.0495. The molecule has 42 heavy (non-hydrogen) atoms. The molecule has 3 heterocycles. The van der Waals surface area contributed by atoms with E-state index in [1.54, 1.807) is 23.1 Å². The molecule has 13 heteroatoms. The van der Waals surface area contributed by atoms with Gasteiger partial charge in [0.2, 0.25) is 5.75 Å². The number of pyridine rings is 1. The van der Waals surface area contributed by atoms with Gasteiger partial charge in [0.1, 0.15) is 29.2 Å². The smallest absolute Gasteiger partial charge is 0.316 e. The molecule has 2 aromatic heterocycles. The fraction of sp³-hybridized carbons (Fsp3) is 0.276. The third-order valence-corrected chi connectivity index (χ3v) is 9.28. The maximum absolute atomic E-state index is 14.0. The summed E-state index contributed by atoms with van der Waals surface area (Å²) in [6.45, 7) is 0.710. The molecule has 2 aromatic carbocycles. The fourth-order valence-electron chi connectivity index (χ4n) is 5.37. The van der Waals surface area contributed by atoms with Gasteiger partial charge in [0, 0.05) is 44.9 Å². The molecule has 0 spiro atoms. The lowest BCUT2D eigenvalue weighted by molar-refractivity contribution is 0.181. The fourth-order valence-corrected chi connectivity index (χ4v) is 6.72. The van der Waals surface area contributed by atoms with E-state index in [1.165, 1.54) is 34.9 Å². The molecule has 1 aliphatic carbocycles. The first kappa shape index (κ1) is 27.9. The summed E-state index contributed by atoms with van der Waals surface area (Å²) in [5.74, 6) is -2.12. The predicted octanol–water partition coefficient (Wildman–Crippen LogP) is 3.49. The summed E-state index contributed by atoms with van der Waals surface area (Å²) in [5, 5.41) is 4.14. The second-order valence-corrected chi connectivity index (χ2v) is 12.0. The van der Waals surface area contributed by atoms with Gasteiger partial charge in [0.05, 0.1) is 11.9 Å². The number of hydrogen-bond acceptors (Lipinski definition) is 7. The highest BCUT2D eigenvalue weighted by Gasteiger charge is 2.32. The number of sulfonamides is 1. The Balaban J connectivity index is 1.31. The lowest BCUT2D eigenvalue weighted by Gasteiger charge is -2.36. The number of halogens is 3. The van der Waals surface area contributed by atoms with Crippen LogP contribution in [0.2, 0.25) is 0 Å². The molecule has 0 N–H and O–H groups in total. The van der Waals surface area contributed by atoms with Crippen LogP contribution in [0.4, 0.5) is 18.9 Å². The zero-order valence-corrected chi connectivity index (χ0v) is 23.1. The van der Waals surface area contributed by atoms with Crippen LogP contribution in [0.3, 0.4) is 0 Å². The number of fused-ring (bicyclic) bond motifs is 1. The summed E-state index contributed by atoms with van der Waals surface area (Å²) < 4.78 is 76.4. The number of ether oxygens (including phenoxy) is 1. The van der Waals surface area contributed by atoms with Crippen molar-refractivity contribution < 1.29 is 26.3 Å². The quantitative estimate of drug-likeness (QED) is 0.336. The van der Waals surface area contributed by atoms with Crippen LogP contribution in [0, 0.1) is 17.5 Å². The molecule has 0 radical (unpaired) electrons. The molecule has 1 aliphatic heterocycles. The van der Waals surface area contributed by atoms with E-state index < -0.39 is 33.3 Å². The zero-order valence-electron chi connectivity index (χ0n) is 22.3. The van der Waals surface area contributed by atoms with Crippen molar-refractivity contribution in [1.82, 2.24) is 19.1 Å². The van der Waals surface area contributed by atoms with Crippen molar-refractivity contribution in [2.45, 2.75) is 30.4 Å². The second-order valence-electron chi connectivity index (χ2n) is 10.2. The van der Waals surface area contributed by atoms with Gasteiger partial charge in [-0.15, -0.1) is 0 Å². The van der Waals surface area contributed by atoms with Gasteiger partial charge in [-0.2, -0.15) is 14.1 Å². The summed E-state index contributed by atoms with van der Waals surface area (Å²) in [7, 11) is -3.81. The molecule has 1 atom stereocenters. The summed E-state index contributed by atoms with van der Waals surface area (Å²) in [4.78, 5) is 19.5. The largest absolute Gasteiger partial charge is 0.483 e. The summed E-state index contributed by atoms with van der Waals surface area (Å²) in [6, 6.07) is 11.9. The SMILES string of the molecule is O=c1c(OC2CCc3cc(F)ccc3C2)c(N2CCN(S(=O)(=O)c3ccccn3)CC2)cnn1-c1cc(F)cc(F)c1. The predicted molar refractivity (Wildman–Crippen MR) is 148 cm³/mol. The summed E-state index contributed by atoms with van der Waals surface area (Å²) >= 11 is 0. The first-order valence-corrected chi connectivity index (χ1v) is 14.8. The van der Waals surface area contributed by atoms with Crippen LogP contribution >= 0.6 is 0 Å². The summed E-state index contributed by atoms with van der Waals surface area (Å²) in [6.07, 6.45) is 3.86. The molecular weight excluding hydrogens is 571 g/mol. The van der Waals surface area contributed by atoms with E-state index in [0.717, 1.165) is 27.9 Å². The van der Waals surface area contributed by atoms with Crippen LogP contribution in [-0.4, -0.2) is 59.8 Å². The number of rotatable bonds is 6. The van der Waals surface area contributed by atoms with Crippen LogP contribution < -0.4 is 15.2 Å². The molecule has 9 nitrogen and oxygen atoms in total. The topological polar surface area (TPSA) is 97.6 Å². The Morgan fingerprint density at radius 2 is 1.64 bits per heavy atom. The molecular formula is C29H26F3N5O4S. The van der Waals surface area contributed by atoms with E-state index in [2.05, 4.69) is 10.1 Å². The Bertz CT molecular complexity index is 1770. The maximum Gasteiger partial charge on any atom is 0.316 e. The van der Waals surface area contributed by atoms with Crippen LogP contribution in [0.1, 0.15) is 17.5 Å². The molecule has 2 aliphatic rings. The van der Waals surface area contributed by atoms with Gasteiger partial charge >= 0.3 is 5.56 Å². The van der Waals surface area contributed by atoms with Gasteiger partial charge in [0.25, 0.3) is 10.0 Å². The number of aryl methyl sites for hydroxylation is 1. The Morgan fingerprint density at radius 3 is 2.36 bits per heavy atom. The average molecular weight is 598 g/mol. The van der Waals surface area contributed by atoms with E-state index >= 15 is 0 Å². The van der Waals surface area contributed by atoms with Crippen molar-refractivity contribution in [3.63, 3.8) is 0 Å². The summed E-state index contributed by atoms with van der Waals surface area (Å²) in [5.41, 5.74) is 1.30. The van der Waals surface area contributed by atoms with Gasteiger partial charge in [-0.05, 0) is 60.4 Å². The van der Waals surface area contributed by atoms with Crippen molar-refractivity contribution in [1.29, 1.82) is 0 Å². The molecule has 6 rings (SSSR count). The number of anilines is 1. The van der Waals surface area contributed by atoms with Crippen LogP contribution in [0.5, 0.6) is 5.75 Å². The van der Waals surface area contributed by atoms with Gasteiger partial charge in [-0.25, -0.2) is 26.6 Å². The van der Waals surface area contributed by atoms with Crippen LogP contribution in [0.15, 0.2) is 76.8 Å². The highest BCUT2D eigenvalue weighted by molar-refractivity contribution is 7.89. The lowest BCUT2D eigenvalue weighted by atomic mass is 9.89. The Labute approximate surface area is 239 Å². The van der Waals surface area contributed by atoms with Crippen molar-refractivity contribution in [3.8, 4) is 11.4 Å².